The van der Waals surface area contributed by atoms with Gasteiger partial charge in [-0.3, -0.25) is 10.2 Å². The van der Waals surface area contributed by atoms with E-state index in [-0.39, 0.29) is 22.5 Å². The molecule has 2 heterocycles. The molecule has 0 aromatic heterocycles. The van der Waals surface area contributed by atoms with E-state index in [1.54, 1.807) is 12.1 Å². The molecule has 23 heavy (non-hydrogen) atoms. The van der Waals surface area contributed by atoms with Crippen LogP contribution in [0.5, 0.6) is 0 Å². The van der Waals surface area contributed by atoms with E-state index in [1.165, 1.54) is 6.08 Å². The van der Waals surface area contributed by atoms with E-state index in [4.69, 9.17) is 5.41 Å². The van der Waals surface area contributed by atoms with Gasteiger partial charge in [0.05, 0.1) is 5.57 Å². The Morgan fingerprint density at radius 2 is 1.91 bits per heavy atom. The Hall–Kier alpha value is -2.42. The van der Waals surface area contributed by atoms with Crippen LogP contribution in [0.25, 0.3) is 6.08 Å². The van der Waals surface area contributed by atoms with Crippen molar-refractivity contribution in [3.05, 3.63) is 41.0 Å². The molecule has 0 radical (unpaired) electrons. The molecule has 0 fully saturated rings. The third-order valence-corrected chi connectivity index (χ3v) is 4.04. The number of rotatable bonds is 1. The van der Waals surface area contributed by atoms with E-state index in [2.05, 4.69) is 10.1 Å². The van der Waals surface area contributed by atoms with Crippen LogP contribution in [0, 0.1) is 12.3 Å². The topological polar surface area (TPSA) is 68.9 Å². The number of hydrazone groups is 1. The Labute approximate surface area is 133 Å². The summed E-state index contributed by atoms with van der Waals surface area (Å²) >= 11 is 0.231. The monoisotopic (exact) mass is 338 g/mol. The molecule has 2 aliphatic heterocycles. The van der Waals surface area contributed by atoms with Crippen molar-refractivity contribution in [3.8, 4) is 0 Å². The highest BCUT2D eigenvalue weighted by molar-refractivity contribution is 8.27. The fourth-order valence-corrected chi connectivity index (χ4v) is 2.69. The van der Waals surface area contributed by atoms with Crippen molar-refractivity contribution in [2.75, 3.05) is 0 Å². The highest BCUT2D eigenvalue weighted by Crippen LogP contribution is 2.35. The molecule has 3 rings (SSSR count). The first-order valence-corrected chi connectivity index (χ1v) is 7.21. The van der Waals surface area contributed by atoms with Crippen molar-refractivity contribution in [2.45, 2.75) is 13.1 Å². The summed E-state index contributed by atoms with van der Waals surface area (Å²) in [6, 6.07) is 7.13. The molecule has 118 valence electrons. The first kappa shape index (κ1) is 15.5. The molecule has 0 bridgehead atoms. The van der Waals surface area contributed by atoms with E-state index in [0.717, 1.165) is 10.6 Å². The summed E-state index contributed by atoms with van der Waals surface area (Å²) in [7, 11) is 0. The smallest absolute Gasteiger partial charge is 0.282 e. The van der Waals surface area contributed by atoms with Crippen LogP contribution in [-0.2, 0) is 4.79 Å². The first-order valence-electron chi connectivity index (χ1n) is 6.40. The minimum atomic E-state index is -4.64. The number of halogens is 3. The maximum atomic E-state index is 12.7. The van der Waals surface area contributed by atoms with Crippen LogP contribution < -0.4 is 0 Å². The maximum absolute atomic E-state index is 12.7. The van der Waals surface area contributed by atoms with E-state index in [0.29, 0.717) is 5.56 Å². The van der Waals surface area contributed by atoms with Gasteiger partial charge in [0, 0.05) is 0 Å². The molecular weight excluding hydrogens is 329 g/mol. The Kier molecular flexibility index (Phi) is 3.59. The van der Waals surface area contributed by atoms with Crippen molar-refractivity contribution in [1.82, 2.24) is 5.01 Å². The van der Waals surface area contributed by atoms with Crippen LogP contribution in [0.2, 0.25) is 0 Å². The number of aliphatic imine (C=N–C) groups is 1. The molecule has 0 atom stereocenters. The fraction of sp³-hybridized carbons (Fsp3) is 0.143. The maximum Gasteiger partial charge on any atom is 0.441 e. The number of nitrogens with one attached hydrogen (secondary N) is 1. The Morgan fingerprint density at radius 3 is 2.52 bits per heavy atom. The van der Waals surface area contributed by atoms with Crippen molar-refractivity contribution in [3.63, 3.8) is 0 Å². The predicted molar refractivity (Wildman–Crippen MR) is 82.2 cm³/mol. The van der Waals surface area contributed by atoms with E-state index in [9.17, 15) is 18.0 Å². The number of aryl methyl sites for hydroxylation is 1. The number of nitrogens with zero attached hydrogens (tertiary/aromatic N) is 3. The van der Waals surface area contributed by atoms with Crippen LogP contribution in [-0.4, -0.2) is 33.1 Å². The Bertz CT molecular complexity index is 793. The van der Waals surface area contributed by atoms with Crippen LogP contribution in [0.1, 0.15) is 11.1 Å². The van der Waals surface area contributed by atoms with Gasteiger partial charge in [-0.25, -0.2) is 0 Å². The zero-order chi connectivity index (χ0) is 16.8. The van der Waals surface area contributed by atoms with E-state index in [1.807, 2.05) is 19.1 Å². The molecule has 0 saturated heterocycles. The summed E-state index contributed by atoms with van der Waals surface area (Å²) in [6.45, 7) is 1.90. The number of amides is 1. The summed E-state index contributed by atoms with van der Waals surface area (Å²) in [5.41, 5.74) is 1.56. The van der Waals surface area contributed by atoms with Crippen molar-refractivity contribution in [1.29, 1.82) is 5.41 Å². The second-order valence-corrected chi connectivity index (χ2v) is 5.79. The first-order chi connectivity index (χ1) is 10.8. The zero-order valence-electron chi connectivity index (χ0n) is 11.7. The molecule has 0 aliphatic carbocycles. The van der Waals surface area contributed by atoms with Gasteiger partial charge < -0.3 is 0 Å². The molecule has 1 amide bonds. The highest BCUT2D eigenvalue weighted by Gasteiger charge is 2.46. The lowest BCUT2D eigenvalue weighted by atomic mass is 10.1. The standard InChI is InChI=1S/C14H9F3N4OS/c1-7-2-4-8(5-3-7)6-9-10(18)21-13(19-11(9)22)23-12(20-21)14(15,16)17/h2-6,18H,1H3. The Morgan fingerprint density at radius 1 is 1.26 bits per heavy atom. The molecule has 1 aromatic carbocycles. The SMILES string of the molecule is Cc1ccc(C=C2C(=N)N3N=C(C(F)(F)F)SC3=NC2=O)cc1. The van der Waals surface area contributed by atoms with Gasteiger partial charge in [0.1, 0.15) is 0 Å². The second-order valence-electron chi connectivity index (χ2n) is 4.83. The molecule has 0 saturated carbocycles. The van der Waals surface area contributed by atoms with Gasteiger partial charge in [0.25, 0.3) is 5.91 Å². The molecule has 1 aromatic rings. The molecule has 0 spiro atoms. The van der Waals surface area contributed by atoms with Gasteiger partial charge in [-0.1, -0.05) is 29.8 Å². The minimum Gasteiger partial charge on any atom is -0.282 e. The normalized spacial score (nSPS) is 19.8. The van der Waals surface area contributed by atoms with Gasteiger partial charge in [-0.2, -0.15) is 28.3 Å². The zero-order valence-corrected chi connectivity index (χ0v) is 12.5. The lowest BCUT2D eigenvalue weighted by Gasteiger charge is -2.20. The largest absolute Gasteiger partial charge is 0.441 e. The molecule has 9 heteroatoms. The number of thioether (sulfide) groups is 1. The summed E-state index contributed by atoms with van der Waals surface area (Å²) < 4.78 is 38.1. The number of fused-ring (bicyclic) bond motifs is 1. The fourth-order valence-electron chi connectivity index (χ4n) is 1.94. The third-order valence-electron chi connectivity index (χ3n) is 3.09. The van der Waals surface area contributed by atoms with Gasteiger partial charge in [-0.15, -0.1) is 0 Å². The highest BCUT2D eigenvalue weighted by atomic mass is 32.2. The quantitative estimate of drug-likeness (QED) is 0.800. The number of hydrogen-bond donors (Lipinski definition) is 1. The van der Waals surface area contributed by atoms with Crippen LogP contribution in [0.4, 0.5) is 13.2 Å². The molecule has 0 unspecified atom stereocenters. The number of carbonyl (C=O) groups is 1. The van der Waals surface area contributed by atoms with Crippen molar-refractivity contribution >= 4 is 39.8 Å². The van der Waals surface area contributed by atoms with E-state index >= 15 is 0 Å². The third kappa shape index (κ3) is 2.91. The number of amidine groups is 2. The Balaban J connectivity index is 1.97. The number of carbonyl (C=O) groups excluding carboxylic acids is 1. The summed E-state index contributed by atoms with van der Waals surface area (Å²) in [5, 5.41) is 10.6. The number of alkyl halides is 3. The molecule has 5 nitrogen and oxygen atoms in total. The van der Waals surface area contributed by atoms with Gasteiger partial charge in [0.2, 0.25) is 10.2 Å². The van der Waals surface area contributed by atoms with Crippen molar-refractivity contribution in [2.24, 2.45) is 10.1 Å². The van der Waals surface area contributed by atoms with Gasteiger partial charge in [-0.05, 0) is 30.3 Å². The average Bonchev–Trinajstić information content (AvgIpc) is 2.89. The molecular formula is C14H9F3N4OS. The van der Waals surface area contributed by atoms with Crippen molar-refractivity contribution < 1.29 is 18.0 Å². The molecule has 2 aliphatic rings. The van der Waals surface area contributed by atoms with Gasteiger partial charge in [0.15, 0.2) is 5.84 Å². The lowest BCUT2D eigenvalue weighted by Crippen LogP contribution is -2.35. The van der Waals surface area contributed by atoms with Gasteiger partial charge >= 0.3 is 6.18 Å². The summed E-state index contributed by atoms with van der Waals surface area (Å²) in [6.07, 6.45) is -3.23. The van der Waals surface area contributed by atoms with E-state index < -0.39 is 23.0 Å². The lowest BCUT2D eigenvalue weighted by molar-refractivity contribution is -0.114. The van der Waals surface area contributed by atoms with Crippen LogP contribution in [0.15, 0.2) is 39.9 Å². The van der Waals surface area contributed by atoms with Crippen LogP contribution >= 0.6 is 11.8 Å². The minimum absolute atomic E-state index is 0.106. The summed E-state index contributed by atoms with van der Waals surface area (Å²) in [4.78, 5) is 15.6. The van der Waals surface area contributed by atoms with Crippen LogP contribution in [0.3, 0.4) is 0 Å². The second kappa shape index (κ2) is 5.34. The molecule has 1 N–H and O–H groups in total. The summed E-state index contributed by atoms with van der Waals surface area (Å²) in [5.74, 6) is -1.18. The predicted octanol–water partition coefficient (Wildman–Crippen LogP) is 3.18. The average molecular weight is 338 g/mol. The number of benzene rings is 1. The number of hydrogen-bond acceptors (Lipinski definition) is 4.